The van der Waals surface area contributed by atoms with Crippen LogP contribution in [0.2, 0.25) is 0 Å². The van der Waals surface area contributed by atoms with Crippen molar-refractivity contribution < 1.29 is 9.53 Å². The van der Waals surface area contributed by atoms with Gasteiger partial charge in [-0.05, 0) is 55.5 Å². The number of amides is 1. The highest BCUT2D eigenvalue weighted by molar-refractivity contribution is 5.78. The van der Waals surface area contributed by atoms with Crippen molar-refractivity contribution >= 4 is 5.91 Å². The first-order chi connectivity index (χ1) is 11.2. The highest BCUT2D eigenvalue weighted by Crippen LogP contribution is 2.23. The topological polar surface area (TPSA) is 32.8 Å². The van der Waals surface area contributed by atoms with E-state index < -0.39 is 0 Å². The number of hydrogen-bond acceptors (Lipinski definition) is 3. The van der Waals surface area contributed by atoms with E-state index in [0.29, 0.717) is 6.54 Å². The van der Waals surface area contributed by atoms with Gasteiger partial charge in [-0.1, -0.05) is 19.9 Å². The molecule has 128 valence electrons. The second-order valence-corrected chi connectivity index (χ2v) is 6.33. The van der Waals surface area contributed by atoms with Crippen LogP contribution in [0.4, 0.5) is 0 Å². The van der Waals surface area contributed by atoms with Gasteiger partial charge in [0, 0.05) is 19.6 Å². The average molecular weight is 318 g/mol. The number of ether oxygens (including phenoxy) is 1. The van der Waals surface area contributed by atoms with Crippen LogP contribution in [0.1, 0.15) is 44.2 Å². The summed E-state index contributed by atoms with van der Waals surface area (Å²) >= 11 is 0. The lowest BCUT2D eigenvalue weighted by Crippen LogP contribution is -2.41. The van der Waals surface area contributed by atoms with Gasteiger partial charge < -0.3 is 9.64 Å². The van der Waals surface area contributed by atoms with Gasteiger partial charge in [-0.2, -0.15) is 0 Å². The molecule has 0 spiro atoms. The van der Waals surface area contributed by atoms with Gasteiger partial charge in [-0.25, -0.2) is 0 Å². The van der Waals surface area contributed by atoms with Crippen molar-refractivity contribution in [3.05, 3.63) is 29.3 Å². The largest absolute Gasteiger partial charge is 0.497 e. The standard InChI is InChI=1S/C19H30N2O2/c1-4-10-21(11-5-2)19(22)15-20-12-6-7-16-13-18(23-3)9-8-17(16)14-20/h8-9,13H,4-7,10-12,14-15H2,1-3H3. The van der Waals surface area contributed by atoms with Gasteiger partial charge in [0.2, 0.25) is 5.91 Å². The van der Waals surface area contributed by atoms with E-state index in [0.717, 1.165) is 57.6 Å². The molecule has 1 aliphatic heterocycles. The smallest absolute Gasteiger partial charge is 0.236 e. The van der Waals surface area contributed by atoms with Crippen molar-refractivity contribution in [3.63, 3.8) is 0 Å². The SMILES string of the molecule is CCCN(CCC)C(=O)CN1CCCc2cc(OC)ccc2C1. The molecular formula is C19H30N2O2. The molecule has 1 aliphatic rings. The van der Waals surface area contributed by atoms with Gasteiger partial charge in [-0.15, -0.1) is 0 Å². The van der Waals surface area contributed by atoms with Gasteiger partial charge in [0.1, 0.15) is 5.75 Å². The van der Waals surface area contributed by atoms with Crippen LogP contribution in [0, 0.1) is 0 Å². The summed E-state index contributed by atoms with van der Waals surface area (Å²) < 4.78 is 5.32. The molecule has 4 heteroatoms. The van der Waals surface area contributed by atoms with Crippen LogP contribution in [0.3, 0.4) is 0 Å². The summed E-state index contributed by atoms with van der Waals surface area (Å²) in [5.74, 6) is 1.19. The van der Waals surface area contributed by atoms with Crippen LogP contribution in [-0.4, -0.2) is 49.0 Å². The van der Waals surface area contributed by atoms with Crippen molar-refractivity contribution in [1.82, 2.24) is 9.80 Å². The lowest BCUT2D eigenvalue weighted by atomic mass is 10.0. The number of benzene rings is 1. The number of hydrogen-bond donors (Lipinski definition) is 0. The number of nitrogens with zero attached hydrogens (tertiary/aromatic N) is 2. The lowest BCUT2D eigenvalue weighted by molar-refractivity contribution is -0.132. The average Bonchev–Trinajstić information content (AvgIpc) is 2.75. The zero-order valence-corrected chi connectivity index (χ0v) is 14.8. The Labute approximate surface area is 140 Å². The molecule has 1 aromatic rings. The molecule has 0 unspecified atom stereocenters. The quantitative estimate of drug-likeness (QED) is 0.774. The van der Waals surface area contributed by atoms with Crippen molar-refractivity contribution in [2.75, 3.05) is 33.3 Å². The number of carbonyl (C=O) groups excluding carboxylic acids is 1. The maximum atomic E-state index is 12.6. The predicted molar refractivity (Wildman–Crippen MR) is 93.8 cm³/mol. The minimum absolute atomic E-state index is 0.269. The molecule has 1 amide bonds. The van der Waals surface area contributed by atoms with Crippen LogP contribution in [0.25, 0.3) is 0 Å². The van der Waals surface area contributed by atoms with Crippen molar-refractivity contribution in [2.24, 2.45) is 0 Å². The monoisotopic (exact) mass is 318 g/mol. The zero-order chi connectivity index (χ0) is 16.7. The van der Waals surface area contributed by atoms with Crippen LogP contribution >= 0.6 is 0 Å². The molecule has 23 heavy (non-hydrogen) atoms. The van der Waals surface area contributed by atoms with Gasteiger partial charge in [0.25, 0.3) is 0 Å². The summed E-state index contributed by atoms with van der Waals surface area (Å²) in [6, 6.07) is 6.30. The van der Waals surface area contributed by atoms with E-state index >= 15 is 0 Å². The molecule has 0 aromatic heterocycles. The molecule has 0 aliphatic carbocycles. The van der Waals surface area contributed by atoms with Gasteiger partial charge in [0.15, 0.2) is 0 Å². The molecule has 1 heterocycles. The Balaban J connectivity index is 2.01. The number of aryl methyl sites for hydroxylation is 1. The third kappa shape index (κ3) is 4.96. The summed E-state index contributed by atoms with van der Waals surface area (Å²) in [4.78, 5) is 16.9. The number of methoxy groups -OCH3 is 1. The third-order valence-corrected chi connectivity index (χ3v) is 4.43. The van der Waals surface area contributed by atoms with E-state index in [1.807, 2.05) is 11.0 Å². The minimum atomic E-state index is 0.269. The molecule has 0 saturated heterocycles. The van der Waals surface area contributed by atoms with E-state index in [1.54, 1.807) is 7.11 Å². The van der Waals surface area contributed by atoms with Crippen LogP contribution < -0.4 is 4.74 Å². The summed E-state index contributed by atoms with van der Waals surface area (Å²) in [7, 11) is 1.71. The van der Waals surface area contributed by atoms with Gasteiger partial charge in [0.05, 0.1) is 13.7 Å². The van der Waals surface area contributed by atoms with E-state index in [2.05, 4.69) is 30.9 Å². The summed E-state index contributed by atoms with van der Waals surface area (Å²) in [6.07, 6.45) is 4.20. The molecule has 0 saturated carbocycles. The van der Waals surface area contributed by atoms with Crippen molar-refractivity contribution in [2.45, 2.75) is 46.1 Å². The maximum absolute atomic E-state index is 12.6. The Hall–Kier alpha value is -1.55. The molecular weight excluding hydrogens is 288 g/mol. The summed E-state index contributed by atoms with van der Waals surface area (Å²) in [5.41, 5.74) is 2.69. The van der Waals surface area contributed by atoms with E-state index in [9.17, 15) is 4.79 Å². The van der Waals surface area contributed by atoms with E-state index in [-0.39, 0.29) is 5.91 Å². The molecule has 0 bridgehead atoms. The predicted octanol–water partition coefficient (Wildman–Crippen LogP) is 3.09. The molecule has 4 nitrogen and oxygen atoms in total. The summed E-state index contributed by atoms with van der Waals surface area (Å²) in [6.45, 7) is 8.37. The Morgan fingerprint density at radius 1 is 1.22 bits per heavy atom. The highest BCUT2D eigenvalue weighted by atomic mass is 16.5. The van der Waals surface area contributed by atoms with Crippen LogP contribution in [0.5, 0.6) is 5.75 Å². The Morgan fingerprint density at radius 2 is 1.96 bits per heavy atom. The highest BCUT2D eigenvalue weighted by Gasteiger charge is 2.20. The first kappa shape index (κ1) is 17.8. The van der Waals surface area contributed by atoms with Crippen LogP contribution in [0.15, 0.2) is 18.2 Å². The minimum Gasteiger partial charge on any atom is -0.497 e. The van der Waals surface area contributed by atoms with Crippen LogP contribution in [-0.2, 0) is 17.8 Å². The normalized spacial score (nSPS) is 14.9. The number of carbonyl (C=O) groups is 1. The molecule has 1 aromatic carbocycles. The zero-order valence-electron chi connectivity index (χ0n) is 14.8. The first-order valence-corrected chi connectivity index (χ1v) is 8.83. The third-order valence-electron chi connectivity index (χ3n) is 4.43. The fourth-order valence-electron chi connectivity index (χ4n) is 3.26. The van der Waals surface area contributed by atoms with Gasteiger partial charge >= 0.3 is 0 Å². The fraction of sp³-hybridized carbons (Fsp3) is 0.632. The van der Waals surface area contributed by atoms with Crippen molar-refractivity contribution in [1.29, 1.82) is 0 Å². The summed E-state index contributed by atoms with van der Waals surface area (Å²) in [5, 5.41) is 0. The van der Waals surface area contributed by atoms with Gasteiger partial charge in [-0.3, -0.25) is 9.69 Å². The Morgan fingerprint density at radius 3 is 2.61 bits per heavy atom. The molecule has 2 rings (SSSR count). The van der Waals surface area contributed by atoms with E-state index in [1.165, 1.54) is 11.1 Å². The number of rotatable bonds is 7. The second-order valence-electron chi connectivity index (χ2n) is 6.33. The first-order valence-electron chi connectivity index (χ1n) is 8.83. The Bertz CT molecular complexity index is 510. The molecule has 0 radical (unpaired) electrons. The maximum Gasteiger partial charge on any atom is 0.236 e. The molecule has 0 fully saturated rings. The van der Waals surface area contributed by atoms with E-state index in [4.69, 9.17) is 4.74 Å². The molecule has 0 N–H and O–H groups in total. The van der Waals surface area contributed by atoms with Crippen molar-refractivity contribution in [3.8, 4) is 5.75 Å². The fourth-order valence-corrected chi connectivity index (χ4v) is 3.26. The second kappa shape index (κ2) is 8.92. The Kier molecular flexibility index (Phi) is 6.90. The molecule has 0 atom stereocenters. The lowest BCUT2D eigenvalue weighted by Gasteiger charge is -2.26. The number of fused-ring (bicyclic) bond motifs is 1.